The van der Waals surface area contributed by atoms with Crippen molar-refractivity contribution in [1.29, 1.82) is 0 Å². The second kappa shape index (κ2) is 5.00. The van der Waals surface area contributed by atoms with E-state index in [1.54, 1.807) is 31.2 Å². The Morgan fingerprint density at radius 1 is 1.00 bits per heavy atom. The minimum absolute atomic E-state index is 0.0204. The van der Waals surface area contributed by atoms with E-state index >= 15 is 0 Å². The molecule has 0 amide bonds. The highest BCUT2D eigenvalue weighted by Crippen LogP contribution is 2.33. The van der Waals surface area contributed by atoms with E-state index in [0.717, 1.165) is 0 Å². The Labute approximate surface area is 110 Å². The van der Waals surface area contributed by atoms with Gasteiger partial charge in [-0.15, -0.1) is 0 Å². The van der Waals surface area contributed by atoms with Gasteiger partial charge in [-0.2, -0.15) is 0 Å². The third kappa shape index (κ3) is 2.83. The first-order valence-corrected chi connectivity index (χ1v) is 7.56. The highest BCUT2D eigenvalue weighted by atomic mass is 35.7. The number of hydrogen-bond donors (Lipinski definition) is 0. The van der Waals surface area contributed by atoms with Crippen LogP contribution < -0.4 is 4.74 Å². The second-order valence-corrected chi connectivity index (χ2v) is 6.29. The topological polar surface area (TPSA) is 43.4 Å². The Morgan fingerprint density at radius 2 is 1.67 bits per heavy atom. The lowest BCUT2D eigenvalue weighted by molar-refractivity contribution is 0.464. The summed E-state index contributed by atoms with van der Waals surface area (Å²) >= 11 is 0. The Balaban J connectivity index is 2.51. The lowest BCUT2D eigenvalue weighted by Gasteiger charge is -2.11. The molecular formula is C13H11ClO3S. The van der Waals surface area contributed by atoms with Gasteiger partial charge in [-0.05, 0) is 30.7 Å². The van der Waals surface area contributed by atoms with Crippen LogP contribution in [0.1, 0.15) is 5.56 Å². The van der Waals surface area contributed by atoms with Crippen LogP contribution in [0, 0.1) is 6.92 Å². The second-order valence-electron chi connectivity index (χ2n) is 3.76. The quantitative estimate of drug-likeness (QED) is 0.806. The van der Waals surface area contributed by atoms with Crippen LogP contribution in [0.2, 0.25) is 0 Å². The van der Waals surface area contributed by atoms with Crippen molar-refractivity contribution < 1.29 is 13.2 Å². The van der Waals surface area contributed by atoms with Crippen LogP contribution in [0.25, 0.3) is 0 Å². The molecule has 0 unspecified atom stereocenters. The molecule has 0 aliphatic rings. The third-order valence-corrected chi connectivity index (χ3v) is 3.75. The summed E-state index contributed by atoms with van der Waals surface area (Å²) in [5, 5.41) is 0. The minimum Gasteiger partial charge on any atom is -0.456 e. The van der Waals surface area contributed by atoms with E-state index < -0.39 is 9.05 Å². The molecule has 5 heteroatoms. The van der Waals surface area contributed by atoms with Crippen LogP contribution in [0.3, 0.4) is 0 Å². The van der Waals surface area contributed by atoms with E-state index in [-0.39, 0.29) is 10.6 Å². The molecule has 0 N–H and O–H groups in total. The van der Waals surface area contributed by atoms with Gasteiger partial charge in [0.2, 0.25) is 0 Å². The molecule has 2 aromatic rings. The number of rotatable bonds is 3. The smallest absolute Gasteiger partial charge is 0.265 e. The van der Waals surface area contributed by atoms with E-state index in [4.69, 9.17) is 15.4 Å². The van der Waals surface area contributed by atoms with Crippen LogP contribution in [0.15, 0.2) is 53.4 Å². The number of ether oxygens (including phenoxy) is 1. The van der Waals surface area contributed by atoms with Crippen molar-refractivity contribution in [1.82, 2.24) is 0 Å². The summed E-state index contributed by atoms with van der Waals surface area (Å²) in [6, 6.07) is 13.8. The zero-order valence-corrected chi connectivity index (χ0v) is 11.2. The summed E-state index contributed by atoms with van der Waals surface area (Å²) in [5.74, 6) is 0.826. The van der Waals surface area contributed by atoms with E-state index in [9.17, 15) is 8.42 Å². The van der Waals surface area contributed by atoms with Gasteiger partial charge in [0, 0.05) is 10.7 Å². The van der Waals surface area contributed by atoms with Crippen molar-refractivity contribution in [2.24, 2.45) is 0 Å². The molecule has 18 heavy (non-hydrogen) atoms. The van der Waals surface area contributed by atoms with Gasteiger partial charge in [0.15, 0.2) is 0 Å². The monoisotopic (exact) mass is 282 g/mol. The molecule has 0 saturated heterocycles. The molecule has 0 atom stereocenters. The summed E-state index contributed by atoms with van der Waals surface area (Å²) in [6.07, 6.45) is 0. The maximum absolute atomic E-state index is 11.5. The van der Waals surface area contributed by atoms with E-state index in [1.165, 1.54) is 6.07 Å². The first kappa shape index (κ1) is 12.9. The summed E-state index contributed by atoms with van der Waals surface area (Å²) in [4.78, 5) is -0.0204. The zero-order valence-electron chi connectivity index (χ0n) is 9.63. The Hall–Kier alpha value is -1.52. The lowest BCUT2D eigenvalue weighted by Crippen LogP contribution is -1.97. The maximum atomic E-state index is 11.5. The van der Waals surface area contributed by atoms with Crippen molar-refractivity contribution in [3.05, 3.63) is 54.1 Å². The average molecular weight is 283 g/mol. The fourth-order valence-corrected chi connectivity index (χ4v) is 2.58. The molecular weight excluding hydrogens is 272 g/mol. The van der Waals surface area contributed by atoms with E-state index in [0.29, 0.717) is 11.3 Å². The molecule has 0 aliphatic carbocycles. The SMILES string of the molecule is Cc1cccc(S(=O)(=O)Cl)c1Oc1ccccc1. The van der Waals surface area contributed by atoms with Crippen molar-refractivity contribution in [3.8, 4) is 11.5 Å². The van der Waals surface area contributed by atoms with Crippen molar-refractivity contribution in [2.75, 3.05) is 0 Å². The summed E-state index contributed by atoms with van der Waals surface area (Å²) in [7, 11) is 1.57. The Kier molecular flexibility index (Phi) is 3.59. The van der Waals surface area contributed by atoms with Gasteiger partial charge in [0.25, 0.3) is 9.05 Å². The van der Waals surface area contributed by atoms with Gasteiger partial charge in [0.1, 0.15) is 16.4 Å². The highest BCUT2D eigenvalue weighted by molar-refractivity contribution is 8.13. The molecule has 2 rings (SSSR count). The fourth-order valence-electron chi connectivity index (χ4n) is 1.55. The molecule has 0 heterocycles. The number of hydrogen-bond acceptors (Lipinski definition) is 3. The average Bonchev–Trinajstić information content (AvgIpc) is 2.32. The molecule has 0 saturated carbocycles. The minimum atomic E-state index is -3.83. The molecule has 3 nitrogen and oxygen atoms in total. The van der Waals surface area contributed by atoms with Gasteiger partial charge >= 0.3 is 0 Å². The van der Waals surface area contributed by atoms with Gasteiger partial charge in [-0.1, -0.05) is 30.3 Å². The molecule has 0 spiro atoms. The normalized spacial score (nSPS) is 11.2. The Morgan fingerprint density at radius 3 is 2.28 bits per heavy atom. The zero-order chi connectivity index (χ0) is 13.2. The standard InChI is InChI=1S/C13H11ClO3S/c1-10-6-5-9-12(18(14,15)16)13(10)17-11-7-3-2-4-8-11/h2-9H,1H3. The van der Waals surface area contributed by atoms with Crippen LogP contribution in [0.5, 0.6) is 11.5 Å². The summed E-state index contributed by atoms with van der Waals surface area (Å²) < 4.78 is 28.6. The van der Waals surface area contributed by atoms with Gasteiger partial charge in [0.05, 0.1) is 0 Å². The highest BCUT2D eigenvalue weighted by Gasteiger charge is 2.18. The maximum Gasteiger partial charge on any atom is 0.265 e. The third-order valence-electron chi connectivity index (χ3n) is 2.40. The molecule has 94 valence electrons. The predicted octanol–water partition coefficient (Wildman–Crippen LogP) is 3.71. The summed E-state index contributed by atoms with van der Waals surface area (Å²) in [6.45, 7) is 1.77. The van der Waals surface area contributed by atoms with Crippen LogP contribution in [-0.4, -0.2) is 8.42 Å². The first-order chi connectivity index (χ1) is 8.48. The molecule has 0 fully saturated rings. The fraction of sp³-hybridized carbons (Fsp3) is 0.0769. The molecule has 0 radical (unpaired) electrons. The van der Waals surface area contributed by atoms with Crippen LogP contribution in [-0.2, 0) is 9.05 Å². The molecule has 0 aliphatic heterocycles. The number of benzene rings is 2. The molecule has 0 aromatic heterocycles. The first-order valence-electron chi connectivity index (χ1n) is 5.25. The number of aryl methyl sites for hydroxylation is 1. The van der Waals surface area contributed by atoms with Gasteiger partial charge < -0.3 is 4.74 Å². The van der Waals surface area contributed by atoms with Crippen molar-refractivity contribution in [2.45, 2.75) is 11.8 Å². The van der Waals surface area contributed by atoms with E-state index in [1.807, 2.05) is 18.2 Å². The predicted molar refractivity (Wildman–Crippen MR) is 70.7 cm³/mol. The number of halogens is 1. The van der Waals surface area contributed by atoms with E-state index in [2.05, 4.69) is 0 Å². The summed E-state index contributed by atoms with van der Waals surface area (Å²) in [5.41, 5.74) is 0.709. The van der Waals surface area contributed by atoms with Gasteiger partial charge in [-0.25, -0.2) is 8.42 Å². The Bertz CT molecular complexity index is 651. The van der Waals surface area contributed by atoms with Crippen LogP contribution >= 0.6 is 10.7 Å². The molecule has 0 bridgehead atoms. The largest absolute Gasteiger partial charge is 0.456 e. The molecule has 2 aromatic carbocycles. The lowest BCUT2D eigenvalue weighted by atomic mass is 10.2. The van der Waals surface area contributed by atoms with Crippen molar-refractivity contribution >= 4 is 19.7 Å². The van der Waals surface area contributed by atoms with Crippen LogP contribution in [0.4, 0.5) is 0 Å². The number of para-hydroxylation sites is 2. The van der Waals surface area contributed by atoms with Gasteiger partial charge in [-0.3, -0.25) is 0 Å². The van der Waals surface area contributed by atoms with Crippen molar-refractivity contribution in [3.63, 3.8) is 0 Å².